The number of hydrogen-bond acceptors (Lipinski definition) is 1. The van der Waals surface area contributed by atoms with Crippen LogP contribution in [0.4, 0.5) is 4.39 Å². The molecule has 0 spiro atoms. The van der Waals surface area contributed by atoms with E-state index in [4.69, 9.17) is 0 Å². The van der Waals surface area contributed by atoms with Gasteiger partial charge in [-0.15, -0.1) is 0 Å². The fraction of sp³-hybridized carbons (Fsp3) is 0.188. The van der Waals surface area contributed by atoms with E-state index in [1.165, 1.54) is 0 Å². The normalized spacial score (nSPS) is 10.3. The van der Waals surface area contributed by atoms with Crippen LogP contribution in [-0.2, 0) is 6.42 Å². The van der Waals surface area contributed by atoms with E-state index in [2.05, 4.69) is 6.92 Å². The highest BCUT2D eigenvalue weighted by molar-refractivity contribution is 5.77. The molecule has 0 N–H and O–H groups in total. The lowest BCUT2D eigenvalue weighted by Crippen LogP contribution is -1.89. The third-order valence-corrected chi connectivity index (χ3v) is 2.93. The van der Waals surface area contributed by atoms with E-state index in [1.807, 2.05) is 6.07 Å². The average molecular weight is 242 g/mol. The van der Waals surface area contributed by atoms with Crippen LogP contribution in [0.25, 0.3) is 11.1 Å². The Kier molecular flexibility index (Phi) is 3.88. The minimum absolute atomic E-state index is 0.209. The van der Waals surface area contributed by atoms with Gasteiger partial charge in [-0.1, -0.05) is 49.7 Å². The molecule has 0 fully saturated rings. The first kappa shape index (κ1) is 12.5. The van der Waals surface area contributed by atoms with Crippen molar-refractivity contribution in [2.45, 2.75) is 19.8 Å². The molecule has 0 unspecified atom stereocenters. The summed E-state index contributed by atoms with van der Waals surface area (Å²) >= 11 is 0. The zero-order valence-corrected chi connectivity index (χ0v) is 10.3. The molecular formula is C16H15FO. The Morgan fingerprint density at radius 2 is 1.83 bits per heavy atom. The second kappa shape index (κ2) is 5.58. The number of carbonyl (C=O) groups is 1. The molecule has 0 aliphatic rings. The topological polar surface area (TPSA) is 17.1 Å². The van der Waals surface area contributed by atoms with E-state index in [0.29, 0.717) is 11.1 Å². The van der Waals surface area contributed by atoms with Gasteiger partial charge in [0.25, 0.3) is 0 Å². The first-order valence-corrected chi connectivity index (χ1v) is 6.08. The Balaban J connectivity index is 2.34. The minimum atomic E-state index is -0.209. The molecule has 0 radical (unpaired) electrons. The van der Waals surface area contributed by atoms with Crippen LogP contribution in [0.15, 0.2) is 42.5 Å². The van der Waals surface area contributed by atoms with Gasteiger partial charge in [-0.2, -0.15) is 0 Å². The van der Waals surface area contributed by atoms with Crippen LogP contribution in [0.2, 0.25) is 0 Å². The van der Waals surface area contributed by atoms with Crippen molar-refractivity contribution in [2.75, 3.05) is 0 Å². The average Bonchev–Trinajstić information content (AvgIpc) is 2.40. The molecule has 0 saturated heterocycles. The van der Waals surface area contributed by atoms with E-state index in [1.54, 1.807) is 36.4 Å². The highest BCUT2D eigenvalue weighted by Crippen LogP contribution is 2.24. The predicted octanol–water partition coefficient (Wildman–Crippen LogP) is 4.26. The molecule has 2 aromatic carbocycles. The van der Waals surface area contributed by atoms with Gasteiger partial charge in [-0.3, -0.25) is 4.79 Å². The monoisotopic (exact) mass is 242 g/mol. The fourth-order valence-electron chi connectivity index (χ4n) is 1.98. The van der Waals surface area contributed by atoms with Gasteiger partial charge >= 0.3 is 0 Å². The van der Waals surface area contributed by atoms with E-state index < -0.39 is 0 Å². The molecule has 1 nitrogen and oxygen atoms in total. The van der Waals surface area contributed by atoms with Crippen molar-refractivity contribution >= 4 is 6.29 Å². The van der Waals surface area contributed by atoms with Gasteiger partial charge < -0.3 is 0 Å². The zero-order valence-electron chi connectivity index (χ0n) is 10.3. The fourth-order valence-corrected chi connectivity index (χ4v) is 1.98. The highest BCUT2D eigenvalue weighted by atomic mass is 19.1. The van der Waals surface area contributed by atoms with Crippen molar-refractivity contribution in [1.29, 1.82) is 0 Å². The summed E-state index contributed by atoms with van der Waals surface area (Å²) in [7, 11) is 0. The number of halogens is 1. The molecule has 0 aliphatic heterocycles. The molecular weight excluding hydrogens is 227 g/mol. The Morgan fingerprint density at radius 1 is 1.11 bits per heavy atom. The molecule has 0 amide bonds. The van der Waals surface area contributed by atoms with Gasteiger partial charge in [0.05, 0.1) is 0 Å². The zero-order chi connectivity index (χ0) is 13.0. The lowest BCUT2D eigenvalue weighted by Gasteiger charge is -2.06. The van der Waals surface area contributed by atoms with E-state index in [0.717, 1.165) is 30.3 Å². The molecule has 2 rings (SSSR count). The van der Waals surface area contributed by atoms with Gasteiger partial charge in [-0.05, 0) is 23.6 Å². The Bertz CT molecular complexity index is 544. The SMILES string of the molecule is CCCc1ccc(-c2ccc(C=O)cc2)c(F)c1. The third-order valence-electron chi connectivity index (χ3n) is 2.93. The number of benzene rings is 2. The minimum Gasteiger partial charge on any atom is -0.298 e. The largest absolute Gasteiger partial charge is 0.298 e. The van der Waals surface area contributed by atoms with E-state index >= 15 is 0 Å². The summed E-state index contributed by atoms with van der Waals surface area (Å²) in [4.78, 5) is 10.6. The van der Waals surface area contributed by atoms with Gasteiger partial charge in [0.15, 0.2) is 0 Å². The molecule has 0 bridgehead atoms. The second-order valence-corrected chi connectivity index (χ2v) is 4.30. The molecule has 2 heteroatoms. The van der Waals surface area contributed by atoms with Crippen LogP contribution in [-0.4, -0.2) is 6.29 Å². The van der Waals surface area contributed by atoms with Crippen molar-refractivity contribution in [3.8, 4) is 11.1 Å². The first-order valence-electron chi connectivity index (χ1n) is 6.08. The predicted molar refractivity (Wildman–Crippen MR) is 71.2 cm³/mol. The number of rotatable bonds is 4. The molecule has 0 atom stereocenters. The number of aryl methyl sites for hydroxylation is 1. The summed E-state index contributed by atoms with van der Waals surface area (Å²) < 4.78 is 14.0. The van der Waals surface area contributed by atoms with Crippen molar-refractivity contribution in [3.05, 3.63) is 59.4 Å². The Labute approximate surface area is 106 Å². The first-order chi connectivity index (χ1) is 8.74. The molecule has 18 heavy (non-hydrogen) atoms. The lowest BCUT2D eigenvalue weighted by atomic mass is 10.0. The van der Waals surface area contributed by atoms with Crippen molar-refractivity contribution in [1.82, 2.24) is 0 Å². The maximum absolute atomic E-state index is 14.0. The summed E-state index contributed by atoms with van der Waals surface area (Å²) in [6.45, 7) is 2.07. The van der Waals surface area contributed by atoms with E-state index in [9.17, 15) is 9.18 Å². The Morgan fingerprint density at radius 3 is 2.39 bits per heavy atom. The van der Waals surface area contributed by atoms with Gasteiger partial charge in [0.1, 0.15) is 12.1 Å². The molecule has 0 saturated carbocycles. The van der Waals surface area contributed by atoms with Crippen LogP contribution in [0, 0.1) is 5.82 Å². The molecule has 92 valence electrons. The highest BCUT2D eigenvalue weighted by Gasteiger charge is 2.06. The number of carbonyl (C=O) groups excluding carboxylic acids is 1. The summed E-state index contributed by atoms with van der Waals surface area (Å²) in [6, 6.07) is 12.3. The van der Waals surface area contributed by atoms with Crippen LogP contribution >= 0.6 is 0 Å². The van der Waals surface area contributed by atoms with Crippen molar-refractivity contribution in [3.63, 3.8) is 0 Å². The summed E-state index contributed by atoms with van der Waals surface area (Å²) in [5, 5.41) is 0. The Hall–Kier alpha value is -1.96. The third kappa shape index (κ3) is 2.65. The van der Waals surface area contributed by atoms with Crippen LogP contribution < -0.4 is 0 Å². The van der Waals surface area contributed by atoms with Crippen LogP contribution in [0.5, 0.6) is 0 Å². The standard InChI is InChI=1S/C16H15FO/c1-2-3-12-6-9-15(16(17)10-12)14-7-4-13(11-18)5-8-14/h4-11H,2-3H2,1H3. The summed E-state index contributed by atoms with van der Waals surface area (Å²) in [5.41, 5.74) is 2.98. The number of aldehydes is 1. The second-order valence-electron chi connectivity index (χ2n) is 4.30. The lowest BCUT2D eigenvalue weighted by molar-refractivity contribution is 0.112. The van der Waals surface area contributed by atoms with Crippen molar-refractivity contribution in [2.24, 2.45) is 0 Å². The summed E-state index contributed by atoms with van der Waals surface area (Å²) in [6.07, 6.45) is 2.68. The van der Waals surface area contributed by atoms with Gasteiger partial charge in [-0.25, -0.2) is 4.39 Å². The molecule has 0 aliphatic carbocycles. The quantitative estimate of drug-likeness (QED) is 0.732. The van der Waals surface area contributed by atoms with Gasteiger partial charge in [0, 0.05) is 11.1 Å². The van der Waals surface area contributed by atoms with Crippen molar-refractivity contribution < 1.29 is 9.18 Å². The van der Waals surface area contributed by atoms with Crippen LogP contribution in [0.3, 0.4) is 0 Å². The molecule has 0 heterocycles. The van der Waals surface area contributed by atoms with Crippen LogP contribution in [0.1, 0.15) is 29.3 Å². The van der Waals surface area contributed by atoms with Gasteiger partial charge in [0.2, 0.25) is 0 Å². The molecule has 0 aromatic heterocycles. The summed E-state index contributed by atoms with van der Waals surface area (Å²) in [5.74, 6) is -0.209. The maximum Gasteiger partial charge on any atom is 0.150 e. The maximum atomic E-state index is 14.0. The smallest absolute Gasteiger partial charge is 0.150 e. The van der Waals surface area contributed by atoms with E-state index in [-0.39, 0.29) is 5.82 Å². The molecule has 2 aromatic rings. The number of hydrogen-bond donors (Lipinski definition) is 0.